The van der Waals surface area contributed by atoms with Crippen LogP contribution in [0.2, 0.25) is 5.02 Å². The van der Waals surface area contributed by atoms with Crippen LogP contribution in [0.5, 0.6) is 0 Å². The number of amides is 1. The van der Waals surface area contributed by atoms with E-state index < -0.39 is 0 Å². The molecule has 24 heavy (non-hydrogen) atoms. The Morgan fingerprint density at radius 1 is 1.42 bits per heavy atom. The molecule has 0 aliphatic carbocycles. The lowest BCUT2D eigenvalue weighted by Crippen LogP contribution is -2.48. The molecule has 6 heteroatoms. The lowest BCUT2D eigenvalue weighted by atomic mass is 10.0. The van der Waals surface area contributed by atoms with Gasteiger partial charge in [0.15, 0.2) is 0 Å². The molecular weight excluding hydrogens is 347 g/mol. The van der Waals surface area contributed by atoms with Crippen molar-refractivity contribution in [2.45, 2.75) is 38.3 Å². The molecule has 2 saturated heterocycles. The molecule has 0 radical (unpaired) electrons. The van der Waals surface area contributed by atoms with Crippen LogP contribution in [-0.2, 0) is 9.53 Å². The number of ether oxygens (including phenoxy) is 1. The minimum Gasteiger partial charge on any atom is -0.369 e. The molecule has 1 aromatic rings. The summed E-state index contributed by atoms with van der Waals surface area (Å²) in [6.45, 7) is 5.34. The summed E-state index contributed by atoms with van der Waals surface area (Å²) in [7, 11) is 0. The van der Waals surface area contributed by atoms with Gasteiger partial charge in [-0.15, -0.1) is 12.4 Å². The van der Waals surface area contributed by atoms with Crippen molar-refractivity contribution in [1.82, 2.24) is 10.2 Å². The zero-order chi connectivity index (χ0) is 16.2. The first-order valence-electron chi connectivity index (χ1n) is 8.51. The van der Waals surface area contributed by atoms with Gasteiger partial charge in [0, 0.05) is 17.0 Å². The number of benzene rings is 1. The van der Waals surface area contributed by atoms with Gasteiger partial charge in [0.25, 0.3) is 0 Å². The number of halogens is 2. The molecule has 1 amide bonds. The predicted molar refractivity (Wildman–Crippen MR) is 98.8 cm³/mol. The molecule has 3 rings (SSSR count). The fraction of sp³-hybridized carbons (Fsp3) is 0.611. The predicted octanol–water partition coefficient (Wildman–Crippen LogP) is 3.44. The summed E-state index contributed by atoms with van der Waals surface area (Å²) >= 11 is 6.28. The average Bonchev–Trinajstić information content (AvgIpc) is 3.07. The first-order chi connectivity index (χ1) is 11.1. The van der Waals surface area contributed by atoms with Crippen molar-refractivity contribution in [2.75, 3.05) is 26.2 Å². The molecule has 3 unspecified atom stereocenters. The summed E-state index contributed by atoms with van der Waals surface area (Å²) in [5.74, 6) is 0.888. The molecule has 134 valence electrons. The van der Waals surface area contributed by atoms with Gasteiger partial charge in [-0.05, 0) is 44.8 Å². The second-order valence-electron chi connectivity index (χ2n) is 6.64. The summed E-state index contributed by atoms with van der Waals surface area (Å²) < 4.78 is 5.93. The number of carbonyl (C=O) groups excluding carboxylic acids is 1. The number of nitrogens with zero attached hydrogens (tertiary/aromatic N) is 1. The maximum absolute atomic E-state index is 12.6. The Bertz CT molecular complexity index is 550. The van der Waals surface area contributed by atoms with Gasteiger partial charge in [0.1, 0.15) is 6.10 Å². The van der Waals surface area contributed by atoms with Crippen LogP contribution >= 0.6 is 24.0 Å². The Hall–Kier alpha value is -0.810. The Balaban J connectivity index is 0.00000208. The molecule has 0 aromatic heterocycles. The topological polar surface area (TPSA) is 41.6 Å². The van der Waals surface area contributed by atoms with Crippen molar-refractivity contribution >= 4 is 29.9 Å². The fourth-order valence-electron chi connectivity index (χ4n) is 3.46. The maximum Gasteiger partial charge on any atom is 0.222 e. The summed E-state index contributed by atoms with van der Waals surface area (Å²) in [5, 5.41) is 4.06. The number of nitrogens with one attached hydrogen (secondary N) is 1. The molecule has 2 heterocycles. The van der Waals surface area contributed by atoms with Crippen LogP contribution in [0.1, 0.15) is 37.9 Å². The van der Waals surface area contributed by atoms with E-state index in [9.17, 15) is 4.79 Å². The van der Waals surface area contributed by atoms with E-state index in [2.05, 4.69) is 12.2 Å². The summed E-state index contributed by atoms with van der Waals surface area (Å²) in [5.41, 5.74) is 0.971. The second-order valence-corrected chi connectivity index (χ2v) is 7.04. The molecule has 3 atom stereocenters. The van der Waals surface area contributed by atoms with Gasteiger partial charge in [0.05, 0.1) is 19.2 Å². The van der Waals surface area contributed by atoms with Gasteiger partial charge in [-0.25, -0.2) is 0 Å². The number of carbonyl (C=O) groups is 1. The zero-order valence-electron chi connectivity index (χ0n) is 14.0. The van der Waals surface area contributed by atoms with E-state index >= 15 is 0 Å². The van der Waals surface area contributed by atoms with Gasteiger partial charge >= 0.3 is 0 Å². The van der Waals surface area contributed by atoms with Gasteiger partial charge in [-0.1, -0.05) is 29.8 Å². The van der Waals surface area contributed by atoms with Crippen LogP contribution in [0.25, 0.3) is 0 Å². The molecule has 1 aromatic carbocycles. The molecule has 4 nitrogen and oxygen atoms in total. The van der Waals surface area contributed by atoms with Crippen molar-refractivity contribution < 1.29 is 9.53 Å². The third kappa shape index (κ3) is 4.63. The van der Waals surface area contributed by atoms with Gasteiger partial charge < -0.3 is 15.0 Å². The highest BCUT2D eigenvalue weighted by molar-refractivity contribution is 6.31. The van der Waals surface area contributed by atoms with Crippen molar-refractivity contribution in [2.24, 2.45) is 5.92 Å². The van der Waals surface area contributed by atoms with Crippen LogP contribution in [0.4, 0.5) is 0 Å². The number of rotatable bonds is 4. The standard InChI is InChI=1S/C18H25ClN2O2.ClH/c1-13-12-23-17(15-4-2-3-5-16(15)19)11-21(13)18(22)7-6-14-8-9-20-10-14;/h2-5,13-14,17,20H,6-12H2,1H3;1H. The van der Waals surface area contributed by atoms with E-state index in [1.807, 2.05) is 29.2 Å². The van der Waals surface area contributed by atoms with E-state index in [-0.39, 0.29) is 30.5 Å². The quantitative estimate of drug-likeness (QED) is 0.879. The van der Waals surface area contributed by atoms with Crippen LogP contribution < -0.4 is 5.32 Å². The Morgan fingerprint density at radius 3 is 2.92 bits per heavy atom. The van der Waals surface area contributed by atoms with Gasteiger partial charge in [0.2, 0.25) is 5.91 Å². The Kier molecular flexibility index (Phi) is 7.35. The average molecular weight is 373 g/mol. The maximum atomic E-state index is 12.6. The molecule has 1 N–H and O–H groups in total. The highest BCUT2D eigenvalue weighted by Gasteiger charge is 2.31. The third-order valence-corrected chi connectivity index (χ3v) is 5.28. The number of hydrogen-bond acceptors (Lipinski definition) is 3. The molecule has 2 aliphatic rings. The fourth-order valence-corrected chi connectivity index (χ4v) is 3.72. The van der Waals surface area contributed by atoms with Crippen molar-refractivity contribution in [3.63, 3.8) is 0 Å². The van der Waals surface area contributed by atoms with E-state index in [1.165, 1.54) is 6.42 Å². The molecule has 2 aliphatic heterocycles. The van der Waals surface area contributed by atoms with Crippen LogP contribution in [0.3, 0.4) is 0 Å². The Morgan fingerprint density at radius 2 is 2.21 bits per heavy atom. The molecule has 0 spiro atoms. The normalized spacial score (nSPS) is 26.9. The van der Waals surface area contributed by atoms with Gasteiger partial charge in [-0.2, -0.15) is 0 Å². The molecule has 0 saturated carbocycles. The highest BCUT2D eigenvalue weighted by Crippen LogP contribution is 2.30. The van der Waals surface area contributed by atoms with Crippen LogP contribution in [-0.4, -0.2) is 43.1 Å². The summed E-state index contributed by atoms with van der Waals surface area (Å²) in [4.78, 5) is 14.6. The highest BCUT2D eigenvalue weighted by atomic mass is 35.5. The molecule has 0 bridgehead atoms. The minimum absolute atomic E-state index is 0. The van der Waals surface area contributed by atoms with Crippen molar-refractivity contribution in [3.8, 4) is 0 Å². The number of hydrogen-bond donors (Lipinski definition) is 1. The SMILES string of the molecule is CC1COC(c2ccccc2Cl)CN1C(=O)CCC1CCNC1.Cl. The van der Waals surface area contributed by atoms with Gasteiger partial charge in [-0.3, -0.25) is 4.79 Å². The van der Waals surface area contributed by atoms with E-state index in [0.29, 0.717) is 30.5 Å². The summed E-state index contributed by atoms with van der Waals surface area (Å²) in [6, 6.07) is 7.85. The van der Waals surface area contributed by atoms with E-state index in [1.54, 1.807) is 0 Å². The van der Waals surface area contributed by atoms with Crippen LogP contribution in [0.15, 0.2) is 24.3 Å². The first kappa shape index (κ1) is 19.5. The van der Waals surface area contributed by atoms with E-state index in [0.717, 1.165) is 25.1 Å². The molecular formula is C18H26Cl2N2O2. The third-order valence-electron chi connectivity index (χ3n) is 4.93. The van der Waals surface area contributed by atoms with Crippen molar-refractivity contribution in [3.05, 3.63) is 34.9 Å². The smallest absolute Gasteiger partial charge is 0.222 e. The number of morpholine rings is 1. The molecule has 2 fully saturated rings. The summed E-state index contributed by atoms with van der Waals surface area (Å²) in [6.07, 6.45) is 2.67. The second kappa shape index (κ2) is 9.04. The largest absolute Gasteiger partial charge is 0.369 e. The zero-order valence-corrected chi connectivity index (χ0v) is 15.6. The van der Waals surface area contributed by atoms with Crippen LogP contribution in [0, 0.1) is 5.92 Å². The van der Waals surface area contributed by atoms with Crippen molar-refractivity contribution in [1.29, 1.82) is 0 Å². The monoisotopic (exact) mass is 372 g/mol. The lowest BCUT2D eigenvalue weighted by molar-refractivity contribution is -0.144. The lowest BCUT2D eigenvalue weighted by Gasteiger charge is -2.38. The van der Waals surface area contributed by atoms with E-state index in [4.69, 9.17) is 16.3 Å². The minimum atomic E-state index is -0.128. The first-order valence-corrected chi connectivity index (χ1v) is 8.89. The Labute approximate surface area is 155 Å².